The van der Waals surface area contributed by atoms with Crippen molar-refractivity contribution in [3.05, 3.63) is 120 Å². The van der Waals surface area contributed by atoms with Gasteiger partial charge < -0.3 is 0 Å². The van der Waals surface area contributed by atoms with Gasteiger partial charge >= 0.3 is 0 Å². The average Bonchev–Trinajstić information content (AvgIpc) is 3.94. The normalized spacial score (nSPS) is 11.6. The zero-order chi connectivity index (χ0) is 31.5. The van der Waals surface area contributed by atoms with Crippen LogP contribution in [0.1, 0.15) is 11.1 Å². The van der Waals surface area contributed by atoms with Crippen molar-refractivity contribution in [2.24, 2.45) is 0 Å². The first-order chi connectivity index (χ1) is 23.1. The second-order valence-electron chi connectivity index (χ2n) is 11.4. The van der Waals surface area contributed by atoms with Gasteiger partial charge in [-0.2, -0.15) is 17.5 Å². The van der Waals surface area contributed by atoms with E-state index in [2.05, 4.69) is 123 Å². The molecule has 0 unspecified atom stereocenters. The molecule has 0 saturated heterocycles. The molecule has 5 aromatic heterocycles. The highest BCUT2D eigenvalue weighted by atomic mass is 32.1. The molecule has 0 aliphatic rings. The number of rotatable bonds is 6. The molecule has 9 rings (SSSR count). The summed E-state index contributed by atoms with van der Waals surface area (Å²) in [6.07, 6.45) is 0. The molecule has 0 bridgehead atoms. The molecule has 0 aliphatic heterocycles. The molecule has 0 amide bonds. The Kier molecular flexibility index (Phi) is 7.17. The first-order valence-corrected chi connectivity index (χ1v) is 19.0. The van der Waals surface area contributed by atoms with Crippen molar-refractivity contribution in [2.75, 3.05) is 0 Å². The van der Waals surface area contributed by atoms with Gasteiger partial charge in [0.1, 0.15) is 22.1 Å². The lowest BCUT2D eigenvalue weighted by atomic mass is 10.0. The minimum Gasteiger partial charge on any atom is -0.172 e. The van der Waals surface area contributed by atoms with Crippen molar-refractivity contribution in [1.29, 1.82) is 0 Å². The summed E-state index contributed by atoms with van der Waals surface area (Å²) in [4.78, 5) is 7.27. The minimum atomic E-state index is 0.949. The Morgan fingerprint density at radius 2 is 0.596 bits per heavy atom. The van der Waals surface area contributed by atoms with Crippen LogP contribution in [0.2, 0.25) is 0 Å². The molecular weight excluding hydrogens is 673 g/mol. The van der Waals surface area contributed by atoms with Gasteiger partial charge in [0.25, 0.3) is 0 Å². The van der Waals surface area contributed by atoms with Gasteiger partial charge in [0.2, 0.25) is 0 Å². The van der Waals surface area contributed by atoms with Crippen LogP contribution in [0.3, 0.4) is 0 Å². The van der Waals surface area contributed by atoms with Crippen LogP contribution >= 0.6 is 57.5 Å². The molecule has 0 saturated carbocycles. The fourth-order valence-corrected chi connectivity index (χ4v) is 10.6. The Morgan fingerprint density at radius 3 is 0.894 bits per heavy atom. The molecule has 0 atom stereocenters. The molecule has 47 heavy (non-hydrogen) atoms. The summed E-state index contributed by atoms with van der Waals surface area (Å²) in [5.74, 6) is 0. The van der Waals surface area contributed by atoms with Crippen LogP contribution in [0.25, 0.3) is 84.7 Å². The summed E-state index contributed by atoms with van der Waals surface area (Å²) in [6, 6.07) is 39.1. The van der Waals surface area contributed by atoms with Crippen LogP contribution in [-0.4, -0.2) is 17.5 Å². The van der Waals surface area contributed by atoms with E-state index in [4.69, 9.17) is 17.5 Å². The Bertz CT molecular complexity index is 2400. The van der Waals surface area contributed by atoms with E-state index in [1.807, 2.05) is 0 Å². The first-order valence-electron chi connectivity index (χ1n) is 15.1. The maximum atomic E-state index is 4.78. The van der Waals surface area contributed by atoms with E-state index in [1.54, 1.807) is 34.0 Å². The van der Waals surface area contributed by atoms with Gasteiger partial charge in [-0.15, -0.1) is 34.0 Å². The molecular formula is C38H24N4S5. The topological polar surface area (TPSA) is 51.6 Å². The summed E-state index contributed by atoms with van der Waals surface area (Å²) in [6.45, 7) is 4.33. The highest BCUT2D eigenvalue weighted by molar-refractivity contribution is 7.20. The van der Waals surface area contributed by atoms with Crippen LogP contribution in [0.5, 0.6) is 0 Å². The molecule has 5 heterocycles. The fourth-order valence-electron chi connectivity index (χ4n) is 6.11. The van der Waals surface area contributed by atoms with Crippen LogP contribution in [0.15, 0.2) is 109 Å². The van der Waals surface area contributed by atoms with Crippen molar-refractivity contribution >= 4 is 79.5 Å². The van der Waals surface area contributed by atoms with E-state index in [-0.39, 0.29) is 0 Å². The summed E-state index contributed by atoms with van der Waals surface area (Å²) in [7, 11) is 0. The Hall–Kier alpha value is -4.38. The van der Waals surface area contributed by atoms with Crippen molar-refractivity contribution < 1.29 is 0 Å². The Morgan fingerprint density at radius 1 is 0.319 bits per heavy atom. The lowest BCUT2D eigenvalue weighted by Gasteiger charge is -2.05. The number of aryl methyl sites for hydroxylation is 2. The smallest absolute Gasteiger partial charge is 0.114 e. The Labute approximate surface area is 292 Å². The quantitative estimate of drug-likeness (QED) is 0.174. The second-order valence-corrected chi connectivity index (χ2v) is 15.7. The number of aromatic nitrogens is 4. The summed E-state index contributed by atoms with van der Waals surface area (Å²) in [5, 5.41) is 0. The minimum absolute atomic E-state index is 0.949. The number of hydrogen-bond acceptors (Lipinski definition) is 9. The second kappa shape index (κ2) is 11.7. The molecule has 4 nitrogen and oxygen atoms in total. The molecule has 0 aliphatic carbocycles. The van der Waals surface area contributed by atoms with Gasteiger partial charge in [0, 0.05) is 51.5 Å². The first kappa shape index (κ1) is 28.8. The highest BCUT2D eigenvalue weighted by Crippen LogP contribution is 2.45. The fraction of sp³-hybridized carbons (Fsp3) is 0.0526. The molecule has 226 valence electrons. The zero-order valence-electron chi connectivity index (χ0n) is 25.2. The maximum absolute atomic E-state index is 4.78. The third kappa shape index (κ3) is 4.97. The van der Waals surface area contributed by atoms with E-state index < -0.39 is 0 Å². The lowest BCUT2D eigenvalue weighted by Crippen LogP contribution is -1.82. The highest BCUT2D eigenvalue weighted by Gasteiger charge is 2.20. The molecule has 0 radical (unpaired) electrons. The number of fused-ring (bicyclic) bond motifs is 2. The molecule has 4 aromatic carbocycles. The van der Waals surface area contributed by atoms with E-state index in [1.165, 1.54) is 65.2 Å². The van der Waals surface area contributed by atoms with Crippen LogP contribution < -0.4 is 0 Å². The van der Waals surface area contributed by atoms with Gasteiger partial charge in [0.15, 0.2) is 0 Å². The van der Waals surface area contributed by atoms with E-state index >= 15 is 0 Å². The van der Waals surface area contributed by atoms with Gasteiger partial charge in [-0.05, 0) is 72.5 Å². The van der Waals surface area contributed by atoms with Crippen LogP contribution in [-0.2, 0) is 0 Å². The monoisotopic (exact) mass is 696 g/mol. The van der Waals surface area contributed by atoms with Crippen LogP contribution in [0.4, 0.5) is 0 Å². The molecule has 9 aromatic rings. The number of benzene rings is 4. The van der Waals surface area contributed by atoms with Gasteiger partial charge in [-0.1, -0.05) is 72.8 Å². The standard InChI is InChI=1S/C38H24N4S5/c1-21-7-3-5-9-23(21)29-15-17-31(43-29)25-11-13-27(37-35(25)39-46-41-37)33-19-20-34(45-33)28-14-12-26(36-38(28)42-47-40-36)32-18-16-30(44-32)24-10-6-4-8-22(24)2/h3-20H,1-2H3. The van der Waals surface area contributed by atoms with E-state index in [0.717, 1.165) is 54.1 Å². The number of nitrogens with zero attached hydrogens (tertiary/aromatic N) is 4. The van der Waals surface area contributed by atoms with Crippen molar-refractivity contribution in [3.8, 4) is 62.6 Å². The summed E-state index contributed by atoms with van der Waals surface area (Å²) >= 11 is 7.93. The third-order valence-electron chi connectivity index (χ3n) is 8.53. The van der Waals surface area contributed by atoms with Crippen molar-refractivity contribution in [3.63, 3.8) is 0 Å². The number of thiophene rings is 3. The van der Waals surface area contributed by atoms with Crippen LogP contribution in [0, 0.1) is 13.8 Å². The predicted octanol–water partition coefficient (Wildman–Crippen LogP) is 12.5. The molecule has 0 N–H and O–H groups in total. The zero-order valence-corrected chi connectivity index (χ0v) is 29.3. The largest absolute Gasteiger partial charge is 0.172 e. The third-order valence-corrected chi connectivity index (χ3v) is 13.0. The van der Waals surface area contributed by atoms with Gasteiger partial charge in [0.05, 0.1) is 23.5 Å². The summed E-state index contributed by atoms with van der Waals surface area (Å²) in [5.41, 5.74) is 13.4. The lowest BCUT2D eigenvalue weighted by molar-refractivity contribution is 1.48. The SMILES string of the molecule is Cc1ccccc1-c1ccc(-c2ccc(-c3ccc(-c4ccc(-c5ccc(-c6ccccc6C)s5)c5nsnc45)s3)c3nsnc23)s1. The predicted molar refractivity (Wildman–Crippen MR) is 204 cm³/mol. The van der Waals surface area contributed by atoms with Gasteiger partial charge in [-0.3, -0.25) is 0 Å². The number of hydrogen-bond donors (Lipinski definition) is 0. The molecule has 0 spiro atoms. The average molecular weight is 697 g/mol. The summed E-state index contributed by atoms with van der Waals surface area (Å²) < 4.78 is 19.1. The maximum Gasteiger partial charge on any atom is 0.114 e. The van der Waals surface area contributed by atoms with Gasteiger partial charge in [-0.25, -0.2) is 0 Å². The molecule has 9 heteroatoms. The van der Waals surface area contributed by atoms with E-state index in [9.17, 15) is 0 Å². The Balaban J connectivity index is 1.06. The molecule has 0 fully saturated rings. The van der Waals surface area contributed by atoms with Crippen molar-refractivity contribution in [1.82, 2.24) is 17.5 Å². The van der Waals surface area contributed by atoms with Crippen molar-refractivity contribution in [2.45, 2.75) is 13.8 Å². The van der Waals surface area contributed by atoms with E-state index in [0.29, 0.717) is 0 Å².